The monoisotopic (exact) mass is 322 g/mol. The molecule has 0 radical (unpaired) electrons. The van der Waals surface area contributed by atoms with Gasteiger partial charge in [0.05, 0.1) is 5.69 Å². The molecule has 3 rings (SSSR count). The van der Waals surface area contributed by atoms with Crippen LogP contribution in [-0.2, 0) is 5.41 Å². The summed E-state index contributed by atoms with van der Waals surface area (Å²) in [6, 6.07) is 8.62. The molecule has 0 N–H and O–H groups in total. The average Bonchev–Trinajstić information content (AvgIpc) is 2.96. The molecule has 0 fully saturated rings. The van der Waals surface area contributed by atoms with Gasteiger partial charge in [0.1, 0.15) is 5.01 Å². The Labute approximate surface area is 142 Å². The lowest BCUT2D eigenvalue weighted by atomic mass is 9.85. The first-order valence-corrected chi connectivity index (χ1v) is 8.72. The standard InChI is InChI=1S/C20H22N2S/c1-13-6-7-15(14(2)10-13)18-12-23-19(22-18)16-11-21-9-8-17(16)20(3,4)5/h6-12H,1-5H3. The van der Waals surface area contributed by atoms with Gasteiger partial charge in [0.25, 0.3) is 0 Å². The molecule has 0 amide bonds. The van der Waals surface area contributed by atoms with Gasteiger partial charge in [0.2, 0.25) is 0 Å². The predicted molar refractivity (Wildman–Crippen MR) is 99.0 cm³/mol. The van der Waals surface area contributed by atoms with Gasteiger partial charge in [-0.15, -0.1) is 11.3 Å². The minimum Gasteiger partial charge on any atom is -0.264 e. The van der Waals surface area contributed by atoms with Crippen molar-refractivity contribution in [3.63, 3.8) is 0 Å². The summed E-state index contributed by atoms with van der Waals surface area (Å²) in [5, 5.41) is 3.19. The van der Waals surface area contributed by atoms with Gasteiger partial charge in [-0.1, -0.05) is 44.5 Å². The number of thiazole rings is 1. The van der Waals surface area contributed by atoms with Gasteiger partial charge in [0.15, 0.2) is 0 Å². The summed E-state index contributed by atoms with van der Waals surface area (Å²) in [5.74, 6) is 0. The lowest BCUT2D eigenvalue weighted by molar-refractivity contribution is 0.591. The van der Waals surface area contributed by atoms with Crippen LogP contribution in [0.2, 0.25) is 0 Å². The van der Waals surface area contributed by atoms with Crippen molar-refractivity contribution in [1.29, 1.82) is 0 Å². The van der Waals surface area contributed by atoms with Crippen LogP contribution in [0.1, 0.15) is 37.5 Å². The van der Waals surface area contributed by atoms with Crippen molar-refractivity contribution in [3.8, 4) is 21.8 Å². The molecule has 0 unspecified atom stereocenters. The molecule has 0 bridgehead atoms. The Hall–Kier alpha value is -2.00. The molecule has 0 spiro atoms. The van der Waals surface area contributed by atoms with Gasteiger partial charge in [0, 0.05) is 28.9 Å². The van der Waals surface area contributed by atoms with Crippen LogP contribution in [0.3, 0.4) is 0 Å². The van der Waals surface area contributed by atoms with Crippen molar-refractivity contribution >= 4 is 11.3 Å². The third kappa shape index (κ3) is 3.20. The maximum Gasteiger partial charge on any atom is 0.125 e. The van der Waals surface area contributed by atoms with Crippen LogP contribution in [0, 0.1) is 13.8 Å². The molecule has 3 aromatic rings. The first-order chi connectivity index (χ1) is 10.9. The third-order valence-corrected chi connectivity index (χ3v) is 4.90. The topological polar surface area (TPSA) is 25.8 Å². The summed E-state index contributed by atoms with van der Waals surface area (Å²) in [5.41, 5.74) is 7.30. The number of nitrogens with zero attached hydrogens (tertiary/aromatic N) is 2. The minimum absolute atomic E-state index is 0.0733. The first kappa shape index (κ1) is 15.9. The number of hydrogen-bond acceptors (Lipinski definition) is 3. The summed E-state index contributed by atoms with van der Waals surface area (Å²) in [4.78, 5) is 9.21. The highest BCUT2D eigenvalue weighted by atomic mass is 32.1. The Bertz CT molecular complexity index is 841. The highest BCUT2D eigenvalue weighted by Gasteiger charge is 2.20. The van der Waals surface area contributed by atoms with Crippen LogP contribution in [0.5, 0.6) is 0 Å². The lowest BCUT2D eigenvalue weighted by Gasteiger charge is -2.21. The van der Waals surface area contributed by atoms with E-state index < -0.39 is 0 Å². The molecule has 0 aliphatic rings. The molecule has 0 saturated carbocycles. The minimum atomic E-state index is 0.0733. The second kappa shape index (κ2) is 5.89. The quantitative estimate of drug-likeness (QED) is 0.597. The molecular formula is C20H22N2S. The molecule has 0 atom stereocenters. The van der Waals surface area contributed by atoms with Gasteiger partial charge in [-0.05, 0) is 36.5 Å². The molecule has 23 heavy (non-hydrogen) atoms. The van der Waals surface area contributed by atoms with Gasteiger partial charge in [-0.3, -0.25) is 4.98 Å². The molecule has 2 aromatic heterocycles. The Morgan fingerprint density at radius 1 is 1.00 bits per heavy atom. The largest absolute Gasteiger partial charge is 0.264 e. The van der Waals surface area contributed by atoms with E-state index in [-0.39, 0.29) is 5.41 Å². The Morgan fingerprint density at radius 3 is 2.48 bits per heavy atom. The summed E-state index contributed by atoms with van der Waals surface area (Å²) < 4.78 is 0. The van der Waals surface area contributed by atoms with Crippen molar-refractivity contribution in [2.75, 3.05) is 0 Å². The van der Waals surface area contributed by atoms with Gasteiger partial charge < -0.3 is 0 Å². The van der Waals surface area contributed by atoms with Gasteiger partial charge in [-0.25, -0.2) is 4.98 Å². The number of rotatable bonds is 2. The van der Waals surface area contributed by atoms with Gasteiger partial charge >= 0.3 is 0 Å². The van der Waals surface area contributed by atoms with E-state index in [2.05, 4.69) is 69.2 Å². The number of aromatic nitrogens is 2. The maximum absolute atomic E-state index is 4.89. The number of benzene rings is 1. The molecule has 118 valence electrons. The zero-order chi connectivity index (χ0) is 16.6. The summed E-state index contributed by atoms with van der Waals surface area (Å²) in [7, 11) is 0. The highest BCUT2D eigenvalue weighted by molar-refractivity contribution is 7.13. The SMILES string of the molecule is Cc1ccc(-c2csc(-c3cnccc3C(C)(C)C)n2)c(C)c1. The molecule has 0 aliphatic carbocycles. The van der Waals surface area contributed by atoms with E-state index in [4.69, 9.17) is 4.98 Å². The molecule has 1 aromatic carbocycles. The highest BCUT2D eigenvalue weighted by Crippen LogP contribution is 2.36. The normalized spacial score (nSPS) is 11.7. The van der Waals surface area contributed by atoms with E-state index >= 15 is 0 Å². The second-order valence-corrected chi connectivity index (χ2v) is 7.89. The van der Waals surface area contributed by atoms with Crippen LogP contribution in [-0.4, -0.2) is 9.97 Å². The molecule has 2 heterocycles. The fourth-order valence-corrected chi connectivity index (χ4v) is 3.68. The van der Waals surface area contributed by atoms with Crippen molar-refractivity contribution in [1.82, 2.24) is 9.97 Å². The van der Waals surface area contributed by atoms with E-state index in [1.165, 1.54) is 22.3 Å². The summed E-state index contributed by atoms with van der Waals surface area (Å²) in [6.07, 6.45) is 3.80. The molecule has 0 saturated heterocycles. The van der Waals surface area contributed by atoms with Crippen LogP contribution in [0.15, 0.2) is 42.0 Å². The number of pyridine rings is 1. The second-order valence-electron chi connectivity index (χ2n) is 7.03. The zero-order valence-corrected chi connectivity index (χ0v) is 15.2. The zero-order valence-electron chi connectivity index (χ0n) is 14.3. The van der Waals surface area contributed by atoms with Crippen LogP contribution in [0.4, 0.5) is 0 Å². The fourth-order valence-electron chi connectivity index (χ4n) is 2.84. The maximum atomic E-state index is 4.89. The van der Waals surface area contributed by atoms with E-state index in [1.807, 2.05) is 12.4 Å². The Morgan fingerprint density at radius 2 is 1.78 bits per heavy atom. The Kier molecular flexibility index (Phi) is 4.07. The fraction of sp³-hybridized carbons (Fsp3) is 0.300. The van der Waals surface area contributed by atoms with E-state index in [9.17, 15) is 0 Å². The predicted octanol–water partition coefficient (Wildman–Crippen LogP) is 5.79. The van der Waals surface area contributed by atoms with E-state index in [0.717, 1.165) is 16.3 Å². The van der Waals surface area contributed by atoms with E-state index in [0.29, 0.717) is 0 Å². The summed E-state index contributed by atoms with van der Waals surface area (Å²) >= 11 is 1.69. The average molecular weight is 322 g/mol. The first-order valence-electron chi connectivity index (χ1n) is 7.84. The van der Waals surface area contributed by atoms with Gasteiger partial charge in [-0.2, -0.15) is 0 Å². The van der Waals surface area contributed by atoms with Crippen molar-refractivity contribution in [3.05, 3.63) is 58.7 Å². The number of hydrogen-bond donors (Lipinski definition) is 0. The molecule has 2 nitrogen and oxygen atoms in total. The molecule has 0 aliphatic heterocycles. The Balaban J connectivity index is 2.07. The smallest absolute Gasteiger partial charge is 0.125 e. The molecular weight excluding hydrogens is 300 g/mol. The number of aryl methyl sites for hydroxylation is 2. The summed E-state index contributed by atoms with van der Waals surface area (Å²) in [6.45, 7) is 10.9. The third-order valence-electron chi connectivity index (χ3n) is 4.02. The molecule has 3 heteroatoms. The van der Waals surface area contributed by atoms with E-state index in [1.54, 1.807) is 11.3 Å². The lowest BCUT2D eigenvalue weighted by Crippen LogP contribution is -2.12. The van der Waals surface area contributed by atoms with Crippen LogP contribution in [0.25, 0.3) is 21.8 Å². The van der Waals surface area contributed by atoms with Crippen LogP contribution < -0.4 is 0 Å². The van der Waals surface area contributed by atoms with Crippen LogP contribution >= 0.6 is 11.3 Å². The van der Waals surface area contributed by atoms with Crippen molar-refractivity contribution in [2.45, 2.75) is 40.0 Å². The van der Waals surface area contributed by atoms with Crippen molar-refractivity contribution in [2.24, 2.45) is 0 Å². The van der Waals surface area contributed by atoms with Crippen molar-refractivity contribution < 1.29 is 0 Å².